The lowest BCUT2D eigenvalue weighted by Crippen LogP contribution is -2.45. The van der Waals surface area contributed by atoms with Crippen LogP contribution in [0.4, 0.5) is 0 Å². The summed E-state index contributed by atoms with van der Waals surface area (Å²) in [5.41, 5.74) is 1.25. The molecule has 26 heavy (non-hydrogen) atoms. The zero-order valence-corrected chi connectivity index (χ0v) is 16.7. The van der Waals surface area contributed by atoms with E-state index in [1.54, 1.807) is 18.4 Å². The molecule has 2 aromatic rings. The van der Waals surface area contributed by atoms with Crippen LogP contribution in [0, 0.1) is 0 Å². The number of thiazole rings is 1. The third-order valence-corrected chi connectivity index (χ3v) is 6.06. The second-order valence-corrected chi connectivity index (χ2v) is 7.75. The molecule has 2 aliphatic heterocycles. The number of benzene rings is 1. The zero-order chi connectivity index (χ0) is 17.1. The Bertz CT molecular complexity index is 706. The molecule has 1 aromatic heterocycles. The Labute approximate surface area is 165 Å². The molecule has 0 radical (unpaired) electrons. The molecule has 5 nitrogen and oxygen atoms in total. The van der Waals surface area contributed by atoms with Crippen LogP contribution in [0.1, 0.15) is 40.4 Å². The van der Waals surface area contributed by atoms with Gasteiger partial charge in [-0.1, -0.05) is 18.2 Å². The third-order valence-electron chi connectivity index (χ3n) is 4.99. The molecule has 0 spiro atoms. The van der Waals surface area contributed by atoms with Crippen LogP contribution < -0.4 is 10.1 Å². The summed E-state index contributed by atoms with van der Waals surface area (Å²) in [6, 6.07) is 8.66. The molecular formula is C19H26ClN3O2S. The van der Waals surface area contributed by atoms with Crippen LogP contribution in [0.15, 0.2) is 30.5 Å². The Morgan fingerprint density at radius 3 is 3.08 bits per heavy atom. The number of nitrogens with zero attached hydrogens (tertiary/aromatic N) is 2. The molecule has 2 aliphatic rings. The first kappa shape index (κ1) is 19.6. The molecule has 2 atom stereocenters. The Kier molecular flexibility index (Phi) is 6.89. The van der Waals surface area contributed by atoms with Crippen molar-refractivity contribution in [3.05, 3.63) is 45.9 Å². The number of hydrogen-bond donors (Lipinski definition) is 1. The average Bonchev–Trinajstić information content (AvgIpc) is 3.34. The van der Waals surface area contributed by atoms with Gasteiger partial charge in [0.15, 0.2) is 0 Å². The van der Waals surface area contributed by atoms with E-state index in [9.17, 15) is 0 Å². The summed E-state index contributed by atoms with van der Waals surface area (Å²) in [5, 5.41) is 4.66. The molecule has 3 heterocycles. The van der Waals surface area contributed by atoms with Gasteiger partial charge >= 0.3 is 0 Å². The maximum atomic E-state index is 5.77. The predicted molar refractivity (Wildman–Crippen MR) is 106 cm³/mol. The van der Waals surface area contributed by atoms with Gasteiger partial charge in [0, 0.05) is 49.4 Å². The molecule has 4 rings (SSSR count). The van der Waals surface area contributed by atoms with Crippen LogP contribution >= 0.6 is 23.7 Å². The van der Waals surface area contributed by atoms with E-state index in [2.05, 4.69) is 27.3 Å². The minimum absolute atomic E-state index is 0. The molecule has 2 fully saturated rings. The molecule has 2 unspecified atom stereocenters. The van der Waals surface area contributed by atoms with Crippen molar-refractivity contribution in [2.24, 2.45) is 0 Å². The smallest absolute Gasteiger partial charge is 0.123 e. The number of para-hydroxylation sites is 1. The second-order valence-electron chi connectivity index (χ2n) is 6.60. The molecule has 2 saturated heterocycles. The van der Waals surface area contributed by atoms with Gasteiger partial charge in [-0.25, -0.2) is 4.98 Å². The highest BCUT2D eigenvalue weighted by atomic mass is 35.5. The first-order chi connectivity index (χ1) is 12.3. The van der Waals surface area contributed by atoms with E-state index in [-0.39, 0.29) is 18.5 Å². The van der Waals surface area contributed by atoms with E-state index >= 15 is 0 Å². The highest BCUT2D eigenvalue weighted by molar-refractivity contribution is 7.11. The van der Waals surface area contributed by atoms with Gasteiger partial charge in [-0.15, -0.1) is 23.7 Å². The predicted octanol–water partition coefficient (Wildman–Crippen LogP) is 3.57. The Morgan fingerprint density at radius 2 is 2.27 bits per heavy atom. The van der Waals surface area contributed by atoms with Crippen molar-refractivity contribution in [1.82, 2.24) is 15.2 Å². The summed E-state index contributed by atoms with van der Waals surface area (Å²) in [6.07, 6.45) is 4.49. The lowest BCUT2D eigenvalue weighted by Gasteiger charge is -2.36. The number of halogens is 1. The minimum atomic E-state index is 0. The van der Waals surface area contributed by atoms with Crippen molar-refractivity contribution in [2.75, 3.05) is 33.4 Å². The zero-order valence-electron chi connectivity index (χ0n) is 15.0. The van der Waals surface area contributed by atoms with E-state index in [4.69, 9.17) is 9.47 Å². The van der Waals surface area contributed by atoms with E-state index in [0.717, 1.165) is 56.4 Å². The summed E-state index contributed by atoms with van der Waals surface area (Å²) in [5.74, 6) is 0.963. The van der Waals surface area contributed by atoms with Crippen molar-refractivity contribution >= 4 is 23.7 Å². The number of nitrogens with one attached hydrogen (secondary N) is 1. The molecule has 0 aliphatic carbocycles. The number of piperazine rings is 1. The minimum Gasteiger partial charge on any atom is -0.496 e. The first-order valence-corrected chi connectivity index (χ1v) is 9.80. The fourth-order valence-electron chi connectivity index (χ4n) is 3.70. The van der Waals surface area contributed by atoms with E-state index < -0.39 is 0 Å². The summed E-state index contributed by atoms with van der Waals surface area (Å²) >= 11 is 1.80. The van der Waals surface area contributed by atoms with Crippen molar-refractivity contribution < 1.29 is 9.47 Å². The standard InChI is InChI=1S/C19H25N3O2S.ClH/c1-23-17-6-3-2-5-15(17)16-12-20-8-9-22(16)13-14-11-21-19(25-14)18-7-4-10-24-18;/h2-3,5-6,11,16,18,20H,4,7-10,12-13H2,1H3;1H. The monoisotopic (exact) mass is 395 g/mol. The van der Waals surface area contributed by atoms with Crippen LogP contribution in [0.2, 0.25) is 0 Å². The normalized spacial score (nSPS) is 23.6. The number of methoxy groups -OCH3 is 1. The number of ether oxygens (including phenoxy) is 2. The lowest BCUT2D eigenvalue weighted by atomic mass is 10.0. The summed E-state index contributed by atoms with van der Waals surface area (Å²) in [6.45, 7) is 4.78. The van der Waals surface area contributed by atoms with Crippen LogP contribution in [0.25, 0.3) is 0 Å². The van der Waals surface area contributed by atoms with Gasteiger partial charge < -0.3 is 14.8 Å². The quantitative estimate of drug-likeness (QED) is 0.838. The van der Waals surface area contributed by atoms with Crippen LogP contribution in [-0.4, -0.2) is 43.2 Å². The number of hydrogen-bond acceptors (Lipinski definition) is 6. The SMILES string of the molecule is COc1ccccc1C1CNCCN1Cc1cnc(C2CCCO2)s1.Cl. The average molecular weight is 396 g/mol. The molecular weight excluding hydrogens is 370 g/mol. The van der Waals surface area contributed by atoms with Gasteiger partial charge in [0.05, 0.1) is 13.2 Å². The van der Waals surface area contributed by atoms with Crippen LogP contribution in [0.3, 0.4) is 0 Å². The van der Waals surface area contributed by atoms with Crippen LogP contribution in [-0.2, 0) is 11.3 Å². The second kappa shape index (κ2) is 9.15. The van der Waals surface area contributed by atoms with Crippen molar-refractivity contribution in [3.8, 4) is 5.75 Å². The fraction of sp³-hybridized carbons (Fsp3) is 0.526. The molecule has 1 N–H and O–H groups in total. The topological polar surface area (TPSA) is 46.6 Å². The van der Waals surface area contributed by atoms with E-state index in [1.807, 2.05) is 18.3 Å². The maximum Gasteiger partial charge on any atom is 0.123 e. The number of rotatable bonds is 5. The van der Waals surface area contributed by atoms with Gasteiger partial charge in [0.25, 0.3) is 0 Å². The number of aromatic nitrogens is 1. The Morgan fingerprint density at radius 1 is 1.38 bits per heavy atom. The Hall–Kier alpha value is -1.18. The van der Waals surface area contributed by atoms with Gasteiger partial charge in [-0.05, 0) is 18.9 Å². The molecule has 1 aromatic carbocycles. The lowest BCUT2D eigenvalue weighted by molar-refractivity contribution is 0.111. The van der Waals surface area contributed by atoms with Crippen molar-refractivity contribution in [1.29, 1.82) is 0 Å². The molecule has 7 heteroatoms. The maximum absolute atomic E-state index is 5.77. The van der Waals surface area contributed by atoms with Crippen LogP contribution in [0.5, 0.6) is 5.75 Å². The fourth-order valence-corrected chi connectivity index (χ4v) is 4.73. The van der Waals surface area contributed by atoms with E-state index in [1.165, 1.54) is 10.4 Å². The van der Waals surface area contributed by atoms with E-state index in [0.29, 0.717) is 6.04 Å². The third kappa shape index (κ3) is 4.21. The summed E-state index contributed by atoms with van der Waals surface area (Å²) in [4.78, 5) is 8.46. The highest BCUT2D eigenvalue weighted by Gasteiger charge is 2.27. The molecule has 0 amide bonds. The largest absolute Gasteiger partial charge is 0.496 e. The van der Waals surface area contributed by atoms with Gasteiger partial charge in [-0.3, -0.25) is 4.90 Å². The first-order valence-electron chi connectivity index (χ1n) is 8.99. The molecule has 0 bridgehead atoms. The molecule has 142 valence electrons. The van der Waals surface area contributed by atoms with Crippen molar-refractivity contribution in [3.63, 3.8) is 0 Å². The van der Waals surface area contributed by atoms with Gasteiger partial charge in [-0.2, -0.15) is 0 Å². The summed E-state index contributed by atoms with van der Waals surface area (Å²) < 4.78 is 11.4. The van der Waals surface area contributed by atoms with Crippen molar-refractivity contribution in [2.45, 2.75) is 31.5 Å². The van der Waals surface area contributed by atoms with Gasteiger partial charge in [0.1, 0.15) is 16.9 Å². The summed E-state index contributed by atoms with van der Waals surface area (Å²) in [7, 11) is 1.75. The van der Waals surface area contributed by atoms with Gasteiger partial charge in [0.2, 0.25) is 0 Å². The Balaban J connectivity index is 0.00000196. The molecule has 0 saturated carbocycles. The highest BCUT2D eigenvalue weighted by Crippen LogP contribution is 2.34.